The van der Waals surface area contributed by atoms with Crippen molar-refractivity contribution in [2.75, 3.05) is 38.6 Å². The van der Waals surface area contributed by atoms with Crippen LogP contribution in [0.4, 0.5) is 10.2 Å². The largest absolute Gasteiger partial charge is 0.331 e. The Bertz CT molecular complexity index is 1010. The van der Waals surface area contributed by atoms with E-state index in [0.29, 0.717) is 43.3 Å². The van der Waals surface area contributed by atoms with Gasteiger partial charge in [0.15, 0.2) is 5.82 Å². The van der Waals surface area contributed by atoms with Gasteiger partial charge in [-0.2, -0.15) is 0 Å². The summed E-state index contributed by atoms with van der Waals surface area (Å²) < 4.78 is 14.0. The van der Waals surface area contributed by atoms with Gasteiger partial charge in [-0.05, 0) is 51.9 Å². The number of halogens is 1. The maximum atomic E-state index is 14.0. The van der Waals surface area contributed by atoms with Crippen molar-refractivity contribution in [1.29, 1.82) is 0 Å². The summed E-state index contributed by atoms with van der Waals surface area (Å²) in [5.74, 6) is 0.937. The maximum Gasteiger partial charge on any atom is 0.237 e. The summed E-state index contributed by atoms with van der Waals surface area (Å²) in [5.41, 5.74) is 2.17. The highest BCUT2D eigenvalue weighted by Gasteiger charge is 2.36. The van der Waals surface area contributed by atoms with Crippen molar-refractivity contribution in [3.8, 4) is 0 Å². The third-order valence-electron chi connectivity index (χ3n) is 5.98. The summed E-state index contributed by atoms with van der Waals surface area (Å²) in [5, 5.41) is 0. The molecule has 164 valence electrons. The quantitative estimate of drug-likeness (QED) is 0.710. The number of carbonyl (C=O) groups excluding carboxylic acids is 2. The first-order valence-electron chi connectivity index (χ1n) is 10.7. The Morgan fingerprint density at radius 2 is 2.03 bits per heavy atom. The van der Waals surface area contributed by atoms with Crippen LogP contribution in [-0.2, 0) is 22.4 Å². The van der Waals surface area contributed by atoms with Crippen LogP contribution in [0.25, 0.3) is 0 Å². The molecule has 0 spiro atoms. The molecule has 0 aliphatic carbocycles. The minimum atomic E-state index is -0.269. The van der Waals surface area contributed by atoms with Gasteiger partial charge in [-0.15, -0.1) is 0 Å². The Hall–Kier alpha value is -2.87. The van der Waals surface area contributed by atoms with Crippen LogP contribution in [-0.4, -0.2) is 65.3 Å². The first-order chi connectivity index (χ1) is 14.8. The monoisotopic (exact) mass is 425 g/mol. The Kier molecular flexibility index (Phi) is 6.00. The highest BCUT2D eigenvalue weighted by Crippen LogP contribution is 2.35. The molecule has 1 atom stereocenters. The molecule has 1 saturated heterocycles. The minimum Gasteiger partial charge on any atom is -0.331 e. The number of carbonyl (C=O) groups is 2. The van der Waals surface area contributed by atoms with Crippen molar-refractivity contribution in [2.24, 2.45) is 0 Å². The van der Waals surface area contributed by atoms with Crippen LogP contribution in [0.3, 0.4) is 0 Å². The van der Waals surface area contributed by atoms with Crippen LogP contribution >= 0.6 is 0 Å². The zero-order valence-corrected chi connectivity index (χ0v) is 18.3. The van der Waals surface area contributed by atoms with Crippen molar-refractivity contribution >= 4 is 17.6 Å². The van der Waals surface area contributed by atoms with E-state index in [1.165, 1.54) is 6.07 Å². The van der Waals surface area contributed by atoms with Gasteiger partial charge < -0.3 is 9.80 Å². The van der Waals surface area contributed by atoms with Crippen LogP contribution in [0, 0.1) is 12.7 Å². The smallest absolute Gasteiger partial charge is 0.237 e. The SMILES string of the molecule is Cc1nc(C2CCCN2C(=O)CN(C)C)nc2c1CC(=O)N2CCc1ccccc1F. The second-order valence-corrected chi connectivity index (χ2v) is 8.52. The number of anilines is 1. The summed E-state index contributed by atoms with van der Waals surface area (Å²) in [6.07, 6.45) is 2.37. The lowest BCUT2D eigenvalue weighted by atomic mass is 10.1. The fraction of sp³-hybridized carbons (Fsp3) is 0.478. The molecule has 0 bridgehead atoms. The third kappa shape index (κ3) is 4.30. The topological polar surface area (TPSA) is 69.6 Å². The van der Waals surface area contributed by atoms with Gasteiger partial charge in [0.1, 0.15) is 11.6 Å². The first-order valence-corrected chi connectivity index (χ1v) is 10.7. The summed E-state index contributed by atoms with van der Waals surface area (Å²) in [4.78, 5) is 40.2. The lowest BCUT2D eigenvalue weighted by Gasteiger charge is -2.26. The van der Waals surface area contributed by atoms with E-state index in [1.807, 2.05) is 30.8 Å². The molecule has 2 amide bonds. The Morgan fingerprint density at radius 1 is 1.26 bits per heavy atom. The molecule has 1 unspecified atom stereocenters. The van der Waals surface area contributed by atoms with Gasteiger partial charge in [0, 0.05) is 24.3 Å². The number of likely N-dealkylation sites (tertiary alicyclic amines) is 1. The number of hydrogen-bond acceptors (Lipinski definition) is 5. The molecule has 0 N–H and O–H groups in total. The fourth-order valence-electron chi connectivity index (χ4n) is 4.41. The number of benzene rings is 1. The van der Waals surface area contributed by atoms with Crippen molar-refractivity contribution in [3.63, 3.8) is 0 Å². The van der Waals surface area contributed by atoms with E-state index < -0.39 is 0 Å². The average molecular weight is 426 g/mol. The van der Waals surface area contributed by atoms with Crippen LogP contribution in [0.5, 0.6) is 0 Å². The molecule has 2 aromatic rings. The van der Waals surface area contributed by atoms with Crippen molar-refractivity contribution in [1.82, 2.24) is 19.8 Å². The van der Waals surface area contributed by atoms with Gasteiger partial charge in [-0.3, -0.25) is 14.5 Å². The Labute approximate surface area is 181 Å². The zero-order chi connectivity index (χ0) is 22.1. The third-order valence-corrected chi connectivity index (χ3v) is 5.98. The van der Waals surface area contributed by atoms with E-state index in [9.17, 15) is 14.0 Å². The molecular weight excluding hydrogens is 397 g/mol. The number of rotatable bonds is 6. The predicted octanol–water partition coefficient (Wildman–Crippen LogP) is 2.28. The molecular formula is C23H28FN5O2. The molecule has 1 aromatic heterocycles. The molecule has 2 aliphatic heterocycles. The lowest BCUT2D eigenvalue weighted by Crippen LogP contribution is -2.38. The normalized spacial score (nSPS) is 18.2. The van der Waals surface area contributed by atoms with Gasteiger partial charge in [-0.1, -0.05) is 18.2 Å². The van der Waals surface area contributed by atoms with Gasteiger partial charge in [0.25, 0.3) is 0 Å². The number of nitrogens with zero attached hydrogens (tertiary/aromatic N) is 5. The second-order valence-electron chi connectivity index (χ2n) is 8.52. The second kappa shape index (κ2) is 8.70. The highest BCUT2D eigenvalue weighted by molar-refractivity contribution is 6.00. The number of hydrogen-bond donors (Lipinski definition) is 0. The van der Waals surface area contributed by atoms with Gasteiger partial charge in [0.2, 0.25) is 11.8 Å². The van der Waals surface area contributed by atoms with Gasteiger partial charge in [-0.25, -0.2) is 14.4 Å². The van der Waals surface area contributed by atoms with Crippen molar-refractivity contribution in [3.05, 3.63) is 52.7 Å². The molecule has 0 radical (unpaired) electrons. The number of aromatic nitrogens is 2. The van der Waals surface area contributed by atoms with Crippen molar-refractivity contribution < 1.29 is 14.0 Å². The van der Waals surface area contributed by atoms with E-state index in [1.54, 1.807) is 23.1 Å². The Balaban J connectivity index is 1.59. The summed E-state index contributed by atoms with van der Waals surface area (Å²) in [6, 6.07) is 6.44. The average Bonchev–Trinajstić information content (AvgIpc) is 3.32. The van der Waals surface area contributed by atoms with E-state index in [0.717, 1.165) is 24.1 Å². The molecule has 4 rings (SSSR count). The van der Waals surface area contributed by atoms with Gasteiger partial charge >= 0.3 is 0 Å². The summed E-state index contributed by atoms with van der Waals surface area (Å²) >= 11 is 0. The van der Waals surface area contributed by atoms with Crippen molar-refractivity contribution in [2.45, 2.75) is 38.6 Å². The van der Waals surface area contributed by atoms with E-state index in [-0.39, 0.29) is 30.1 Å². The number of amides is 2. The van der Waals surface area contributed by atoms with Crippen LogP contribution in [0.15, 0.2) is 24.3 Å². The fourth-order valence-corrected chi connectivity index (χ4v) is 4.41. The van der Waals surface area contributed by atoms with Crippen LogP contribution in [0.1, 0.15) is 41.5 Å². The van der Waals surface area contributed by atoms with Gasteiger partial charge in [0.05, 0.1) is 19.0 Å². The molecule has 31 heavy (non-hydrogen) atoms. The van der Waals surface area contributed by atoms with Crippen LogP contribution < -0.4 is 4.90 Å². The van der Waals surface area contributed by atoms with E-state index in [4.69, 9.17) is 4.98 Å². The zero-order valence-electron chi connectivity index (χ0n) is 18.3. The molecule has 3 heterocycles. The summed E-state index contributed by atoms with van der Waals surface area (Å²) in [6.45, 7) is 3.27. The molecule has 7 nitrogen and oxygen atoms in total. The minimum absolute atomic E-state index is 0.0483. The molecule has 1 aromatic carbocycles. The molecule has 2 aliphatic rings. The van der Waals surface area contributed by atoms with E-state index >= 15 is 0 Å². The highest BCUT2D eigenvalue weighted by atomic mass is 19.1. The molecule has 1 fully saturated rings. The van der Waals surface area contributed by atoms with E-state index in [2.05, 4.69) is 4.98 Å². The molecule has 0 saturated carbocycles. The first kappa shape index (κ1) is 21.4. The number of aryl methyl sites for hydroxylation is 1. The maximum absolute atomic E-state index is 14.0. The van der Waals surface area contributed by atoms with Crippen LogP contribution in [0.2, 0.25) is 0 Å². The standard InChI is InChI=1S/C23H28FN5O2/c1-15-17-13-20(30)29(12-10-16-7-4-5-8-18(16)24)23(17)26-22(25-15)19-9-6-11-28(19)21(31)14-27(2)3/h4-5,7-8,19H,6,9-14H2,1-3H3. The number of fused-ring (bicyclic) bond motifs is 1. The Morgan fingerprint density at radius 3 is 2.77 bits per heavy atom. The summed E-state index contributed by atoms with van der Waals surface area (Å²) in [7, 11) is 3.75. The molecule has 8 heteroatoms. The number of likely N-dealkylation sites (N-methyl/N-ethyl adjacent to an activating group) is 1. The predicted molar refractivity (Wildman–Crippen MR) is 115 cm³/mol. The lowest BCUT2D eigenvalue weighted by molar-refractivity contribution is -0.132.